The molecule has 0 bridgehead atoms. The maximum absolute atomic E-state index is 12.7. The molecule has 0 N–H and O–H groups in total. The summed E-state index contributed by atoms with van der Waals surface area (Å²) in [5.41, 5.74) is 0. The van der Waals surface area contributed by atoms with Gasteiger partial charge < -0.3 is 9.64 Å². The average molecular weight is 393 g/mol. The van der Waals surface area contributed by atoms with Crippen LogP contribution in [0.15, 0.2) is 4.99 Å². The molecule has 3 aliphatic rings. The third-order valence-corrected chi connectivity index (χ3v) is 5.34. The fourth-order valence-electron chi connectivity index (χ4n) is 3.78. The summed E-state index contributed by atoms with van der Waals surface area (Å²) in [6, 6.07) is -0.899. The number of ether oxygens (including phenoxy) is 1. The Morgan fingerprint density at radius 1 is 1.14 bits per heavy atom. The number of carbonyl (C=O) groups excluding carboxylic acids is 3. The summed E-state index contributed by atoms with van der Waals surface area (Å²) in [7, 11) is 3.16. The molecule has 3 aliphatic heterocycles. The van der Waals surface area contributed by atoms with Gasteiger partial charge in [-0.1, -0.05) is 6.92 Å². The van der Waals surface area contributed by atoms with Crippen LogP contribution in [0.25, 0.3) is 0 Å². The van der Waals surface area contributed by atoms with Gasteiger partial charge in [-0.15, -0.1) is 0 Å². The molecule has 10 heteroatoms. The number of amidine groups is 2. The molecule has 0 aromatic rings. The number of fused-ring (bicyclic) bond motifs is 1. The molecule has 3 rings (SSSR count). The van der Waals surface area contributed by atoms with Gasteiger partial charge in [-0.05, 0) is 18.3 Å². The molecule has 4 amide bonds. The average Bonchev–Trinajstić information content (AvgIpc) is 3.04. The lowest BCUT2D eigenvalue weighted by Crippen LogP contribution is -2.61. The molecule has 10 nitrogen and oxygen atoms in total. The van der Waals surface area contributed by atoms with E-state index in [2.05, 4.69) is 16.8 Å². The largest absolute Gasteiger partial charge is 0.450 e. The van der Waals surface area contributed by atoms with Gasteiger partial charge in [-0.3, -0.25) is 19.5 Å². The van der Waals surface area contributed by atoms with E-state index < -0.39 is 6.04 Å². The van der Waals surface area contributed by atoms with Gasteiger partial charge in [-0.2, -0.15) is 0 Å². The van der Waals surface area contributed by atoms with Crippen molar-refractivity contribution < 1.29 is 23.7 Å². The molecule has 28 heavy (non-hydrogen) atoms. The summed E-state index contributed by atoms with van der Waals surface area (Å²) < 4.78 is 7.07. The quantitative estimate of drug-likeness (QED) is 0.608. The van der Waals surface area contributed by atoms with Crippen molar-refractivity contribution in [2.45, 2.75) is 26.3 Å². The van der Waals surface area contributed by atoms with Gasteiger partial charge in [0, 0.05) is 40.3 Å². The second-order valence-corrected chi connectivity index (χ2v) is 7.18. The monoisotopic (exact) mass is 393 g/mol. The van der Waals surface area contributed by atoms with Crippen LogP contribution in [0, 0.1) is 0 Å². The van der Waals surface area contributed by atoms with Crippen LogP contribution in [-0.4, -0.2) is 120 Å². The summed E-state index contributed by atoms with van der Waals surface area (Å²) in [4.78, 5) is 48.1. The van der Waals surface area contributed by atoms with Gasteiger partial charge in [-0.25, -0.2) is 14.2 Å². The molecule has 1 unspecified atom stereocenters. The van der Waals surface area contributed by atoms with Gasteiger partial charge in [0.1, 0.15) is 6.54 Å². The molecule has 0 aromatic heterocycles. The number of aliphatic imine (C=N–C) groups is 1. The van der Waals surface area contributed by atoms with E-state index >= 15 is 0 Å². The van der Waals surface area contributed by atoms with E-state index in [-0.39, 0.29) is 18.0 Å². The third-order valence-electron chi connectivity index (χ3n) is 5.34. The van der Waals surface area contributed by atoms with Crippen molar-refractivity contribution in [2.75, 3.05) is 60.0 Å². The standard InChI is InChI=1S/C18H29N6O4/c1-5-7-24-13(12-22-8-10-23(11-9-22)18(27)28-6-2)19-15-14(24)16(25)21(4)17(26)20(15)3/h14H,5-12H2,1-4H3/q+1. The number of carbonyl (C=O) groups is 3. The van der Waals surface area contributed by atoms with Gasteiger partial charge in [0.15, 0.2) is 0 Å². The fourth-order valence-corrected chi connectivity index (χ4v) is 3.78. The van der Waals surface area contributed by atoms with Gasteiger partial charge in [0.2, 0.25) is 0 Å². The molecule has 0 aliphatic carbocycles. The number of hydrogen-bond donors (Lipinski definition) is 0. The lowest BCUT2D eigenvalue weighted by Gasteiger charge is -2.33. The van der Waals surface area contributed by atoms with Crippen molar-refractivity contribution in [3.63, 3.8) is 0 Å². The molecule has 2 fully saturated rings. The zero-order valence-electron chi connectivity index (χ0n) is 17.1. The van der Waals surface area contributed by atoms with Crippen molar-refractivity contribution in [1.29, 1.82) is 0 Å². The molecule has 1 atom stereocenters. The molecule has 2 saturated heterocycles. The Kier molecular flexibility index (Phi) is 5.97. The molecular formula is C18H29N6O4+. The number of rotatable bonds is 5. The first-order valence-electron chi connectivity index (χ1n) is 9.79. The second kappa shape index (κ2) is 8.26. The summed E-state index contributed by atoms with van der Waals surface area (Å²) in [6.07, 6.45) is 0.594. The van der Waals surface area contributed by atoms with Crippen LogP contribution >= 0.6 is 0 Å². The van der Waals surface area contributed by atoms with Crippen molar-refractivity contribution in [1.82, 2.24) is 19.6 Å². The number of hydrogen-bond acceptors (Lipinski definition) is 6. The first-order chi connectivity index (χ1) is 13.4. The Morgan fingerprint density at radius 3 is 2.43 bits per heavy atom. The third kappa shape index (κ3) is 3.60. The minimum Gasteiger partial charge on any atom is -0.450 e. The van der Waals surface area contributed by atoms with Gasteiger partial charge >= 0.3 is 18.0 Å². The topological polar surface area (TPSA) is 88.8 Å². The highest BCUT2D eigenvalue weighted by atomic mass is 16.6. The fraction of sp³-hybridized carbons (Fsp3) is 0.722. The van der Waals surface area contributed by atoms with Gasteiger partial charge in [0.25, 0.3) is 17.8 Å². The van der Waals surface area contributed by atoms with E-state index in [0.29, 0.717) is 51.7 Å². The Hall–Kier alpha value is -2.49. The first-order valence-corrected chi connectivity index (χ1v) is 9.79. The van der Waals surface area contributed by atoms with Crippen molar-refractivity contribution in [2.24, 2.45) is 4.99 Å². The maximum atomic E-state index is 12.7. The van der Waals surface area contributed by atoms with Crippen molar-refractivity contribution in [3.05, 3.63) is 0 Å². The summed E-state index contributed by atoms with van der Waals surface area (Å²) in [6.45, 7) is 8.11. The number of amides is 4. The summed E-state index contributed by atoms with van der Waals surface area (Å²) in [5, 5.41) is 0. The molecule has 0 spiro atoms. The zero-order valence-corrected chi connectivity index (χ0v) is 17.1. The summed E-state index contributed by atoms with van der Waals surface area (Å²) in [5.74, 6) is 1.06. The minimum atomic E-state index is -0.538. The normalized spacial score (nSPS) is 23.4. The molecule has 0 aromatic carbocycles. The van der Waals surface area contributed by atoms with E-state index in [1.54, 1.807) is 18.9 Å². The number of imide groups is 1. The Morgan fingerprint density at radius 2 is 1.82 bits per heavy atom. The van der Waals surface area contributed by atoms with Crippen LogP contribution in [0.2, 0.25) is 0 Å². The number of nitrogens with zero attached hydrogens (tertiary/aromatic N) is 6. The SMILES string of the molecule is CCC[N+]1=C(CN2CCN(C(=O)OCC)CC2)N=C2C1C(=O)N(C)C(=O)N2C. The second-order valence-electron chi connectivity index (χ2n) is 7.18. The van der Waals surface area contributed by atoms with Crippen molar-refractivity contribution >= 4 is 29.7 Å². The van der Waals surface area contributed by atoms with Crippen LogP contribution in [0.3, 0.4) is 0 Å². The molecular weight excluding hydrogens is 364 g/mol. The van der Waals surface area contributed by atoms with Gasteiger partial charge in [0.05, 0.1) is 13.2 Å². The first kappa shape index (κ1) is 20.2. The van der Waals surface area contributed by atoms with Crippen LogP contribution in [0.5, 0.6) is 0 Å². The number of urea groups is 1. The minimum absolute atomic E-state index is 0.238. The van der Waals surface area contributed by atoms with Crippen LogP contribution < -0.4 is 0 Å². The lowest BCUT2D eigenvalue weighted by atomic mass is 10.1. The predicted molar refractivity (Wildman–Crippen MR) is 103 cm³/mol. The molecule has 0 radical (unpaired) electrons. The van der Waals surface area contributed by atoms with E-state index in [1.807, 2.05) is 4.58 Å². The van der Waals surface area contributed by atoms with Crippen molar-refractivity contribution in [3.8, 4) is 0 Å². The number of piperazine rings is 1. The maximum Gasteiger partial charge on any atom is 0.409 e. The highest BCUT2D eigenvalue weighted by Crippen LogP contribution is 2.19. The van der Waals surface area contributed by atoms with E-state index in [9.17, 15) is 14.4 Å². The zero-order chi connectivity index (χ0) is 20.4. The highest BCUT2D eigenvalue weighted by Gasteiger charge is 2.52. The predicted octanol–water partition coefficient (Wildman–Crippen LogP) is -0.114. The van der Waals surface area contributed by atoms with E-state index in [4.69, 9.17) is 4.74 Å². The van der Waals surface area contributed by atoms with Crippen LogP contribution in [-0.2, 0) is 9.53 Å². The van der Waals surface area contributed by atoms with E-state index in [1.165, 1.54) is 11.9 Å². The van der Waals surface area contributed by atoms with E-state index in [0.717, 1.165) is 17.2 Å². The molecule has 3 heterocycles. The number of likely N-dealkylation sites (N-methyl/N-ethyl adjacent to an activating group) is 2. The lowest BCUT2D eigenvalue weighted by molar-refractivity contribution is -0.536. The summed E-state index contributed by atoms with van der Waals surface area (Å²) >= 11 is 0. The highest BCUT2D eigenvalue weighted by molar-refractivity contribution is 6.23. The molecule has 154 valence electrons. The van der Waals surface area contributed by atoms with Crippen LogP contribution in [0.1, 0.15) is 20.3 Å². The Labute approximate surface area is 165 Å². The Bertz CT molecular complexity index is 726. The Balaban J connectivity index is 1.74. The molecule has 0 saturated carbocycles. The smallest absolute Gasteiger partial charge is 0.409 e. The van der Waals surface area contributed by atoms with Crippen LogP contribution in [0.4, 0.5) is 9.59 Å².